The first-order valence-corrected chi connectivity index (χ1v) is 7.57. The van der Waals surface area contributed by atoms with Crippen molar-refractivity contribution in [3.8, 4) is 5.75 Å². The van der Waals surface area contributed by atoms with Crippen molar-refractivity contribution in [2.45, 2.75) is 20.4 Å². The summed E-state index contributed by atoms with van der Waals surface area (Å²) in [6.07, 6.45) is 0. The molecule has 6 heteroatoms. The summed E-state index contributed by atoms with van der Waals surface area (Å²) >= 11 is 0. The second kappa shape index (κ2) is 8.12. The van der Waals surface area contributed by atoms with Crippen LogP contribution in [0.25, 0.3) is 0 Å². The van der Waals surface area contributed by atoms with Gasteiger partial charge in [-0.25, -0.2) is 0 Å². The Kier molecular flexibility index (Phi) is 5.91. The number of carbonyl (C=O) groups is 1. The number of hydrogen-bond acceptors (Lipinski definition) is 5. The number of methoxy groups -OCH3 is 1. The summed E-state index contributed by atoms with van der Waals surface area (Å²) < 4.78 is 5.12. The van der Waals surface area contributed by atoms with Crippen LogP contribution in [0.4, 0.5) is 5.82 Å². The molecule has 1 amide bonds. The number of carbonyl (C=O) groups excluding carboxylic acids is 1. The Morgan fingerprint density at radius 3 is 2.43 bits per heavy atom. The lowest BCUT2D eigenvalue weighted by Crippen LogP contribution is -2.28. The van der Waals surface area contributed by atoms with Crippen molar-refractivity contribution < 1.29 is 9.53 Å². The van der Waals surface area contributed by atoms with Gasteiger partial charge in [0.2, 0.25) is 0 Å². The number of rotatable bonds is 7. The quantitative estimate of drug-likeness (QED) is 0.821. The highest BCUT2D eigenvalue weighted by atomic mass is 16.5. The van der Waals surface area contributed by atoms with Crippen molar-refractivity contribution in [1.82, 2.24) is 15.5 Å². The van der Waals surface area contributed by atoms with Crippen LogP contribution in [0.3, 0.4) is 0 Å². The van der Waals surface area contributed by atoms with Gasteiger partial charge in [0.25, 0.3) is 5.91 Å². The molecule has 0 saturated carbocycles. The Bertz CT molecular complexity index is 624. The van der Waals surface area contributed by atoms with Gasteiger partial charge in [0.05, 0.1) is 7.11 Å². The molecule has 0 atom stereocenters. The van der Waals surface area contributed by atoms with Crippen LogP contribution < -0.4 is 15.4 Å². The van der Waals surface area contributed by atoms with Gasteiger partial charge in [-0.3, -0.25) is 4.79 Å². The molecular weight excluding hydrogens is 292 g/mol. The zero-order valence-electron chi connectivity index (χ0n) is 13.7. The first-order chi connectivity index (χ1) is 11.1. The monoisotopic (exact) mass is 314 g/mol. The largest absolute Gasteiger partial charge is 0.497 e. The predicted molar refractivity (Wildman–Crippen MR) is 89.5 cm³/mol. The normalized spacial score (nSPS) is 10.4. The van der Waals surface area contributed by atoms with E-state index in [4.69, 9.17) is 4.74 Å². The number of nitrogens with one attached hydrogen (secondary N) is 2. The van der Waals surface area contributed by atoms with E-state index in [1.165, 1.54) is 0 Å². The van der Waals surface area contributed by atoms with Gasteiger partial charge >= 0.3 is 0 Å². The molecule has 2 N–H and O–H groups in total. The SMILES string of the molecule is COc1ccc(CNc2ccc(C(=O)NCC(C)C)nn2)cc1. The highest BCUT2D eigenvalue weighted by molar-refractivity contribution is 5.92. The van der Waals surface area contributed by atoms with Crippen molar-refractivity contribution in [3.63, 3.8) is 0 Å². The summed E-state index contributed by atoms with van der Waals surface area (Å²) in [6.45, 7) is 5.33. The molecule has 0 bridgehead atoms. The predicted octanol–water partition coefficient (Wildman–Crippen LogP) is 2.48. The van der Waals surface area contributed by atoms with Crippen LogP contribution >= 0.6 is 0 Å². The topological polar surface area (TPSA) is 76.1 Å². The molecule has 1 aromatic heterocycles. The summed E-state index contributed by atoms with van der Waals surface area (Å²) in [5.74, 6) is 1.65. The molecule has 0 spiro atoms. The van der Waals surface area contributed by atoms with Gasteiger partial charge in [0, 0.05) is 13.1 Å². The highest BCUT2D eigenvalue weighted by Gasteiger charge is 2.08. The fourth-order valence-electron chi connectivity index (χ4n) is 1.87. The molecule has 0 unspecified atom stereocenters. The van der Waals surface area contributed by atoms with Gasteiger partial charge < -0.3 is 15.4 Å². The van der Waals surface area contributed by atoms with Gasteiger partial charge in [0.15, 0.2) is 5.69 Å². The van der Waals surface area contributed by atoms with Crippen LogP contribution in [0.5, 0.6) is 5.75 Å². The van der Waals surface area contributed by atoms with E-state index in [9.17, 15) is 4.79 Å². The molecule has 0 radical (unpaired) electrons. The molecule has 0 saturated heterocycles. The Balaban J connectivity index is 1.87. The summed E-state index contributed by atoms with van der Waals surface area (Å²) in [7, 11) is 1.64. The van der Waals surface area contributed by atoms with E-state index >= 15 is 0 Å². The molecule has 1 aromatic carbocycles. The first kappa shape index (κ1) is 16.7. The highest BCUT2D eigenvalue weighted by Crippen LogP contribution is 2.12. The summed E-state index contributed by atoms with van der Waals surface area (Å²) in [5.41, 5.74) is 1.42. The van der Waals surface area contributed by atoms with E-state index in [-0.39, 0.29) is 5.91 Å². The van der Waals surface area contributed by atoms with Crippen LogP contribution in [0, 0.1) is 5.92 Å². The van der Waals surface area contributed by atoms with Crippen molar-refractivity contribution in [3.05, 3.63) is 47.7 Å². The number of benzene rings is 1. The lowest BCUT2D eigenvalue weighted by molar-refractivity contribution is 0.0943. The summed E-state index contributed by atoms with van der Waals surface area (Å²) in [4.78, 5) is 11.9. The summed E-state index contributed by atoms with van der Waals surface area (Å²) in [5, 5.41) is 14.0. The third-order valence-corrected chi connectivity index (χ3v) is 3.20. The van der Waals surface area contributed by atoms with E-state index in [0.29, 0.717) is 30.5 Å². The molecule has 1 heterocycles. The maximum atomic E-state index is 11.9. The molecule has 0 fully saturated rings. The second-order valence-corrected chi connectivity index (χ2v) is 5.61. The van der Waals surface area contributed by atoms with Crippen LogP contribution in [0.15, 0.2) is 36.4 Å². The van der Waals surface area contributed by atoms with E-state index < -0.39 is 0 Å². The first-order valence-electron chi connectivity index (χ1n) is 7.57. The molecule has 2 aromatic rings. The average Bonchev–Trinajstić information content (AvgIpc) is 2.58. The molecular formula is C17H22N4O2. The molecule has 0 aliphatic carbocycles. The second-order valence-electron chi connectivity index (χ2n) is 5.61. The van der Waals surface area contributed by atoms with Crippen molar-refractivity contribution in [2.24, 2.45) is 5.92 Å². The molecule has 2 rings (SSSR count). The molecule has 6 nitrogen and oxygen atoms in total. The van der Waals surface area contributed by atoms with E-state index in [2.05, 4.69) is 20.8 Å². The Labute approximate surface area is 136 Å². The van der Waals surface area contributed by atoms with E-state index in [1.807, 2.05) is 38.1 Å². The smallest absolute Gasteiger partial charge is 0.271 e. The number of hydrogen-bond donors (Lipinski definition) is 2. The zero-order valence-corrected chi connectivity index (χ0v) is 13.7. The third-order valence-electron chi connectivity index (χ3n) is 3.20. The van der Waals surface area contributed by atoms with Gasteiger partial charge in [-0.15, -0.1) is 10.2 Å². The fraction of sp³-hybridized carbons (Fsp3) is 0.353. The number of ether oxygens (including phenoxy) is 1. The lowest BCUT2D eigenvalue weighted by atomic mass is 10.2. The number of anilines is 1. The molecule has 0 aliphatic heterocycles. The Morgan fingerprint density at radius 1 is 1.13 bits per heavy atom. The van der Waals surface area contributed by atoms with Crippen LogP contribution in [-0.2, 0) is 6.54 Å². The van der Waals surface area contributed by atoms with Crippen LogP contribution in [0.2, 0.25) is 0 Å². The molecule has 0 aliphatic rings. The van der Waals surface area contributed by atoms with E-state index in [1.54, 1.807) is 19.2 Å². The maximum absolute atomic E-state index is 11.9. The van der Waals surface area contributed by atoms with Gasteiger partial charge in [-0.1, -0.05) is 26.0 Å². The summed E-state index contributed by atoms with van der Waals surface area (Å²) in [6, 6.07) is 11.2. The van der Waals surface area contributed by atoms with Gasteiger partial charge in [0.1, 0.15) is 11.6 Å². The number of aromatic nitrogens is 2. The number of amides is 1. The van der Waals surface area contributed by atoms with Crippen LogP contribution in [-0.4, -0.2) is 29.8 Å². The molecule has 23 heavy (non-hydrogen) atoms. The molecule has 122 valence electrons. The fourth-order valence-corrected chi connectivity index (χ4v) is 1.87. The minimum atomic E-state index is -0.201. The van der Waals surface area contributed by atoms with Crippen molar-refractivity contribution in [2.75, 3.05) is 19.0 Å². The zero-order chi connectivity index (χ0) is 16.7. The van der Waals surface area contributed by atoms with Gasteiger partial charge in [-0.05, 0) is 35.7 Å². The minimum Gasteiger partial charge on any atom is -0.497 e. The van der Waals surface area contributed by atoms with Crippen molar-refractivity contribution >= 4 is 11.7 Å². The standard InChI is InChI=1S/C17H22N4O2/c1-12(2)10-19-17(22)15-8-9-16(21-20-15)18-11-13-4-6-14(23-3)7-5-13/h4-9,12H,10-11H2,1-3H3,(H,18,21)(H,19,22). The van der Waals surface area contributed by atoms with E-state index in [0.717, 1.165) is 11.3 Å². The minimum absolute atomic E-state index is 0.201. The lowest BCUT2D eigenvalue weighted by Gasteiger charge is -2.08. The maximum Gasteiger partial charge on any atom is 0.271 e. The third kappa shape index (κ3) is 5.25. The number of nitrogens with zero attached hydrogens (tertiary/aromatic N) is 2. The Hall–Kier alpha value is -2.63. The van der Waals surface area contributed by atoms with Gasteiger partial charge in [-0.2, -0.15) is 0 Å². The Morgan fingerprint density at radius 2 is 1.87 bits per heavy atom. The van der Waals surface area contributed by atoms with Crippen LogP contribution in [0.1, 0.15) is 29.9 Å². The average molecular weight is 314 g/mol. The van der Waals surface area contributed by atoms with Crippen molar-refractivity contribution in [1.29, 1.82) is 0 Å².